The number of carbonyl (C=O) groups is 2. The van der Waals surface area contributed by atoms with Crippen molar-refractivity contribution in [3.05, 3.63) is 65.9 Å². The van der Waals surface area contributed by atoms with Crippen LogP contribution < -0.4 is 4.90 Å². The number of rotatable bonds is 4. The van der Waals surface area contributed by atoms with Crippen LogP contribution in [0.4, 0.5) is 5.69 Å². The van der Waals surface area contributed by atoms with E-state index in [2.05, 4.69) is 24.2 Å². The number of hydrogen-bond donors (Lipinski definition) is 0. The highest BCUT2D eigenvalue weighted by Gasteiger charge is 2.41. The Balaban J connectivity index is 1.87. The first kappa shape index (κ1) is 20.8. The van der Waals surface area contributed by atoms with Gasteiger partial charge in [0.15, 0.2) is 0 Å². The molecule has 1 aliphatic heterocycles. The number of amides is 1. The molecule has 0 N–H and O–H groups in total. The fourth-order valence-electron chi connectivity index (χ4n) is 4.66. The molecule has 0 fully saturated rings. The van der Waals surface area contributed by atoms with Crippen molar-refractivity contribution in [2.45, 2.75) is 39.3 Å². The number of anilines is 1. The van der Waals surface area contributed by atoms with Crippen LogP contribution in [0.3, 0.4) is 0 Å². The van der Waals surface area contributed by atoms with E-state index in [1.807, 2.05) is 58.2 Å². The number of benzene rings is 2. The monoisotopic (exact) mass is 418 g/mol. The number of fused-ring (bicyclic) bond motifs is 1. The molecule has 3 atom stereocenters. The van der Waals surface area contributed by atoms with Gasteiger partial charge in [0.2, 0.25) is 5.91 Å². The molecule has 3 aromatic rings. The van der Waals surface area contributed by atoms with Crippen LogP contribution in [0, 0.1) is 5.92 Å². The zero-order valence-electron chi connectivity index (χ0n) is 18.1. The van der Waals surface area contributed by atoms with Gasteiger partial charge in [-0.3, -0.25) is 4.79 Å². The second kappa shape index (κ2) is 8.34. The molecular weight excluding hydrogens is 392 g/mol. The van der Waals surface area contributed by atoms with Gasteiger partial charge in [0.05, 0.1) is 24.9 Å². The minimum Gasteiger partial charge on any atom is -0.465 e. The van der Waals surface area contributed by atoms with Gasteiger partial charge in [-0.25, -0.2) is 9.48 Å². The van der Waals surface area contributed by atoms with Gasteiger partial charge in [-0.15, -0.1) is 5.10 Å². The number of nitrogens with zero attached hydrogens (tertiary/aromatic N) is 4. The molecule has 0 radical (unpaired) electrons. The Morgan fingerprint density at radius 2 is 1.87 bits per heavy atom. The van der Waals surface area contributed by atoms with E-state index in [1.165, 1.54) is 7.11 Å². The molecule has 160 valence electrons. The summed E-state index contributed by atoms with van der Waals surface area (Å²) in [6, 6.07) is 15.1. The van der Waals surface area contributed by atoms with E-state index in [0.29, 0.717) is 5.56 Å². The maximum atomic E-state index is 12.6. The molecule has 1 aliphatic rings. The van der Waals surface area contributed by atoms with Crippen molar-refractivity contribution >= 4 is 17.6 Å². The second-order valence-electron chi connectivity index (χ2n) is 7.88. The predicted molar refractivity (Wildman–Crippen MR) is 118 cm³/mol. The average molecular weight is 418 g/mol. The van der Waals surface area contributed by atoms with Crippen molar-refractivity contribution in [3.8, 4) is 11.3 Å². The highest BCUT2D eigenvalue weighted by molar-refractivity contribution is 5.96. The Morgan fingerprint density at radius 3 is 2.52 bits per heavy atom. The molecule has 1 amide bonds. The average Bonchev–Trinajstić information content (AvgIpc) is 3.27. The van der Waals surface area contributed by atoms with Crippen LogP contribution in [0.2, 0.25) is 0 Å². The van der Waals surface area contributed by atoms with E-state index in [0.717, 1.165) is 28.9 Å². The smallest absolute Gasteiger partial charge is 0.337 e. The first-order chi connectivity index (χ1) is 15.0. The molecule has 2 unspecified atom stereocenters. The van der Waals surface area contributed by atoms with Gasteiger partial charge in [-0.05, 0) is 24.6 Å². The summed E-state index contributed by atoms with van der Waals surface area (Å²) in [7, 11) is 1.36. The second-order valence-corrected chi connectivity index (χ2v) is 7.88. The number of carbonyl (C=O) groups excluding carboxylic acids is 2. The molecule has 31 heavy (non-hydrogen) atoms. The minimum atomic E-state index is -0.412. The molecule has 7 nitrogen and oxygen atoms in total. The first-order valence-electron chi connectivity index (χ1n) is 10.5. The zero-order valence-corrected chi connectivity index (χ0v) is 18.1. The van der Waals surface area contributed by atoms with Crippen molar-refractivity contribution in [1.82, 2.24) is 15.0 Å². The number of methoxy groups -OCH3 is 1. The lowest BCUT2D eigenvalue weighted by Gasteiger charge is -2.44. The molecule has 1 aromatic heterocycles. The Labute approximate surface area is 181 Å². The van der Waals surface area contributed by atoms with Gasteiger partial charge in [0.1, 0.15) is 5.69 Å². The number of esters is 1. The van der Waals surface area contributed by atoms with Crippen molar-refractivity contribution in [2.75, 3.05) is 12.0 Å². The van der Waals surface area contributed by atoms with Crippen molar-refractivity contribution in [3.63, 3.8) is 0 Å². The standard InChI is InChI=1S/C24H26N4O3/c1-5-21-15(2)23(27-14-20(25-26-27)17-9-7-6-8-10-17)19-13-18(24(30)31-4)11-12-22(19)28(21)16(3)29/h6-15,21,23H,5H2,1-4H3/t15-,21?,23?/m0/s1. The first-order valence-corrected chi connectivity index (χ1v) is 10.5. The van der Waals surface area contributed by atoms with Crippen LogP contribution in [-0.4, -0.2) is 40.0 Å². The van der Waals surface area contributed by atoms with Gasteiger partial charge in [0, 0.05) is 35.7 Å². The molecule has 7 heteroatoms. The van der Waals surface area contributed by atoms with Gasteiger partial charge in [-0.2, -0.15) is 0 Å². The quantitative estimate of drug-likeness (QED) is 0.596. The summed E-state index contributed by atoms with van der Waals surface area (Å²) in [6.07, 6.45) is 2.73. The van der Waals surface area contributed by atoms with Gasteiger partial charge < -0.3 is 9.64 Å². The number of hydrogen-bond acceptors (Lipinski definition) is 5. The topological polar surface area (TPSA) is 77.3 Å². The Kier molecular flexibility index (Phi) is 5.59. The number of ether oxygens (including phenoxy) is 1. The maximum Gasteiger partial charge on any atom is 0.337 e. The summed E-state index contributed by atoms with van der Waals surface area (Å²) >= 11 is 0. The van der Waals surface area contributed by atoms with Crippen LogP contribution in [0.15, 0.2) is 54.7 Å². The summed E-state index contributed by atoms with van der Waals surface area (Å²) in [5.41, 5.74) is 3.87. The largest absolute Gasteiger partial charge is 0.465 e. The highest BCUT2D eigenvalue weighted by atomic mass is 16.5. The Bertz CT molecular complexity index is 1110. The van der Waals surface area contributed by atoms with E-state index in [4.69, 9.17) is 4.74 Å². The predicted octanol–water partition coefficient (Wildman–Crippen LogP) is 4.10. The third-order valence-electron chi connectivity index (χ3n) is 6.09. The lowest BCUT2D eigenvalue weighted by Crippen LogP contribution is -2.49. The van der Waals surface area contributed by atoms with Gasteiger partial charge >= 0.3 is 5.97 Å². The summed E-state index contributed by atoms with van der Waals surface area (Å²) in [4.78, 5) is 26.6. The summed E-state index contributed by atoms with van der Waals surface area (Å²) in [5, 5.41) is 8.83. The van der Waals surface area contributed by atoms with E-state index in [1.54, 1.807) is 13.0 Å². The molecule has 0 aliphatic carbocycles. The molecule has 0 spiro atoms. The van der Waals surface area contributed by atoms with Crippen LogP contribution in [0.1, 0.15) is 49.2 Å². The summed E-state index contributed by atoms with van der Waals surface area (Å²) in [6.45, 7) is 5.78. The number of aromatic nitrogens is 3. The van der Waals surface area contributed by atoms with Gasteiger partial charge in [-0.1, -0.05) is 49.4 Å². The third kappa shape index (κ3) is 3.60. The maximum absolute atomic E-state index is 12.6. The Morgan fingerprint density at radius 1 is 1.13 bits per heavy atom. The summed E-state index contributed by atoms with van der Waals surface area (Å²) in [5.74, 6) is -0.378. The molecule has 2 aromatic carbocycles. The van der Waals surface area contributed by atoms with Crippen LogP contribution in [-0.2, 0) is 9.53 Å². The Hall–Kier alpha value is -3.48. The van der Waals surface area contributed by atoms with Crippen molar-refractivity contribution in [1.29, 1.82) is 0 Å². The van der Waals surface area contributed by atoms with Crippen LogP contribution >= 0.6 is 0 Å². The fourth-order valence-corrected chi connectivity index (χ4v) is 4.66. The molecule has 0 saturated carbocycles. The minimum absolute atomic E-state index is 0.00310. The van der Waals surface area contributed by atoms with Crippen LogP contribution in [0.5, 0.6) is 0 Å². The lowest BCUT2D eigenvalue weighted by molar-refractivity contribution is -0.117. The normalized spacial score (nSPS) is 20.3. The molecule has 4 rings (SSSR count). The van der Waals surface area contributed by atoms with E-state index in [-0.39, 0.29) is 23.9 Å². The van der Waals surface area contributed by atoms with E-state index in [9.17, 15) is 9.59 Å². The molecule has 0 bridgehead atoms. The summed E-state index contributed by atoms with van der Waals surface area (Å²) < 4.78 is 6.77. The van der Waals surface area contributed by atoms with Crippen molar-refractivity contribution < 1.29 is 14.3 Å². The van der Waals surface area contributed by atoms with Gasteiger partial charge in [0.25, 0.3) is 0 Å². The SMILES string of the molecule is CCC1[C@H](C)C(n2cc(-c3ccccc3)nn2)c2cc(C(=O)OC)ccc2N1C(C)=O. The molecule has 0 saturated heterocycles. The van der Waals surface area contributed by atoms with Crippen molar-refractivity contribution in [2.24, 2.45) is 5.92 Å². The fraction of sp³-hybridized carbons (Fsp3) is 0.333. The van der Waals surface area contributed by atoms with E-state index >= 15 is 0 Å². The lowest BCUT2D eigenvalue weighted by atomic mass is 9.80. The van der Waals surface area contributed by atoms with Crippen LogP contribution in [0.25, 0.3) is 11.3 Å². The molecule has 2 heterocycles. The molecular formula is C24H26N4O3. The zero-order chi connectivity index (χ0) is 22.1. The highest BCUT2D eigenvalue weighted by Crippen LogP contribution is 2.44. The third-order valence-corrected chi connectivity index (χ3v) is 6.09. The van der Waals surface area contributed by atoms with E-state index < -0.39 is 5.97 Å².